The zero-order chi connectivity index (χ0) is 24.5. The summed E-state index contributed by atoms with van der Waals surface area (Å²) < 4.78 is 29.0. The molecule has 2 aliphatic carbocycles. The van der Waals surface area contributed by atoms with Crippen LogP contribution in [0.3, 0.4) is 0 Å². The third-order valence-corrected chi connectivity index (χ3v) is 9.55. The van der Waals surface area contributed by atoms with E-state index in [-0.39, 0.29) is 10.3 Å². The van der Waals surface area contributed by atoms with Gasteiger partial charge in [0.05, 0.1) is 16.5 Å². The summed E-state index contributed by atoms with van der Waals surface area (Å²) >= 11 is 0. The smallest absolute Gasteiger partial charge is 0.241 e. The molecule has 1 aromatic heterocycles. The van der Waals surface area contributed by atoms with Gasteiger partial charge >= 0.3 is 0 Å². The Morgan fingerprint density at radius 3 is 2.53 bits per heavy atom. The van der Waals surface area contributed by atoms with Crippen LogP contribution in [-0.2, 0) is 15.4 Å². The normalized spacial score (nSPS) is 23.4. The molecule has 7 heteroatoms. The lowest BCUT2D eigenvalue weighted by atomic mass is 9.59. The number of nitrogens with zero attached hydrogens (tertiary/aromatic N) is 4. The number of benzene rings is 2. The van der Waals surface area contributed by atoms with Gasteiger partial charge in [0.2, 0.25) is 0 Å². The predicted molar refractivity (Wildman–Crippen MR) is 136 cm³/mol. The Balaban J connectivity index is 1.87. The first-order chi connectivity index (χ1) is 16.1. The Labute approximate surface area is 200 Å². The molecule has 0 saturated heterocycles. The lowest BCUT2D eigenvalue weighted by Gasteiger charge is -2.46. The second kappa shape index (κ2) is 7.36. The van der Waals surface area contributed by atoms with Crippen molar-refractivity contribution < 1.29 is 8.42 Å². The maximum absolute atomic E-state index is 13.8. The van der Waals surface area contributed by atoms with E-state index in [1.54, 1.807) is 30.5 Å². The quantitative estimate of drug-likeness (QED) is 0.179. The number of fused-ring (bicyclic) bond motifs is 1. The number of rotatable bonds is 4. The molecule has 0 bridgehead atoms. The summed E-state index contributed by atoms with van der Waals surface area (Å²) in [5.74, 6) is 0. The Morgan fingerprint density at radius 1 is 1.18 bits per heavy atom. The Bertz CT molecular complexity index is 1540. The van der Waals surface area contributed by atoms with Crippen molar-refractivity contribution >= 4 is 26.5 Å². The number of hydrogen-bond donors (Lipinski definition) is 0. The van der Waals surface area contributed by atoms with E-state index in [0.717, 1.165) is 40.5 Å². The summed E-state index contributed by atoms with van der Waals surface area (Å²) in [6, 6.07) is 12.3. The molecule has 34 heavy (non-hydrogen) atoms. The molecular weight excluding hydrogens is 444 g/mol. The van der Waals surface area contributed by atoms with Crippen LogP contribution in [0.4, 0.5) is 0 Å². The number of aromatic nitrogens is 1. The minimum absolute atomic E-state index is 0.242. The van der Waals surface area contributed by atoms with E-state index >= 15 is 0 Å². The van der Waals surface area contributed by atoms with Crippen molar-refractivity contribution in [3.8, 4) is 0 Å². The van der Waals surface area contributed by atoms with Crippen molar-refractivity contribution in [3.05, 3.63) is 94.0 Å². The van der Waals surface area contributed by atoms with Crippen LogP contribution in [0.5, 0.6) is 0 Å². The summed E-state index contributed by atoms with van der Waals surface area (Å²) in [7, 11) is -3.83. The third-order valence-electron chi connectivity index (χ3n) is 7.86. The van der Waals surface area contributed by atoms with Gasteiger partial charge in [-0.25, -0.2) is 12.4 Å². The molecule has 6 nitrogen and oxygen atoms in total. The Kier molecular flexibility index (Phi) is 4.87. The van der Waals surface area contributed by atoms with Crippen molar-refractivity contribution in [3.63, 3.8) is 0 Å². The van der Waals surface area contributed by atoms with Gasteiger partial charge in [-0.1, -0.05) is 67.4 Å². The topological polar surface area (TPSA) is 87.8 Å². The van der Waals surface area contributed by atoms with Crippen LogP contribution < -0.4 is 0 Å². The van der Waals surface area contributed by atoms with Gasteiger partial charge in [-0.05, 0) is 60.0 Å². The summed E-state index contributed by atoms with van der Waals surface area (Å²) in [6.45, 7) is 12.4. The van der Waals surface area contributed by atoms with Crippen molar-refractivity contribution in [2.75, 3.05) is 0 Å². The van der Waals surface area contributed by atoms with Crippen LogP contribution in [0, 0.1) is 12.3 Å². The van der Waals surface area contributed by atoms with Gasteiger partial charge in [0.1, 0.15) is 0 Å². The van der Waals surface area contributed by atoms with Crippen LogP contribution in [-0.4, -0.2) is 18.4 Å². The fourth-order valence-corrected chi connectivity index (χ4v) is 7.11. The first kappa shape index (κ1) is 22.5. The number of hydrogen-bond acceptors (Lipinski definition) is 3. The highest BCUT2D eigenvalue weighted by atomic mass is 32.2. The second-order valence-corrected chi connectivity index (χ2v) is 12.0. The molecule has 2 aliphatic rings. The molecule has 3 aromatic rings. The van der Waals surface area contributed by atoms with Gasteiger partial charge in [-0.2, -0.15) is 0 Å². The van der Waals surface area contributed by atoms with Crippen LogP contribution in [0.25, 0.3) is 26.9 Å². The molecule has 0 fully saturated rings. The van der Waals surface area contributed by atoms with Crippen molar-refractivity contribution in [1.29, 1.82) is 0 Å². The van der Waals surface area contributed by atoms with E-state index < -0.39 is 21.5 Å². The third kappa shape index (κ3) is 2.93. The average molecular weight is 473 g/mol. The zero-order valence-corrected chi connectivity index (χ0v) is 20.7. The van der Waals surface area contributed by atoms with Crippen LogP contribution in [0.1, 0.15) is 50.3 Å². The van der Waals surface area contributed by atoms with Gasteiger partial charge in [-0.15, -0.1) is 6.58 Å². The molecule has 0 saturated carbocycles. The molecule has 2 aromatic carbocycles. The lowest BCUT2D eigenvalue weighted by Crippen LogP contribution is -2.39. The minimum atomic E-state index is -3.83. The second-order valence-electron chi connectivity index (χ2n) is 10.2. The number of aryl methyl sites for hydroxylation is 1. The average Bonchev–Trinajstić information content (AvgIpc) is 3.20. The van der Waals surface area contributed by atoms with Gasteiger partial charge in [-0.3, -0.25) is 0 Å². The molecule has 0 unspecified atom stereocenters. The molecule has 0 aliphatic heterocycles. The van der Waals surface area contributed by atoms with E-state index in [4.69, 9.17) is 0 Å². The summed E-state index contributed by atoms with van der Waals surface area (Å²) in [5.41, 5.74) is 14.4. The Hall–Kier alpha value is -3.28. The fourth-order valence-electron chi connectivity index (χ4n) is 5.74. The van der Waals surface area contributed by atoms with E-state index in [0.29, 0.717) is 5.52 Å². The maximum Gasteiger partial charge on any atom is 0.268 e. The maximum atomic E-state index is 13.8. The van der Waals surface area contributed by atoms with Gasteiger partial charge in [0, 0.05) is 27.5 Å². The van der Waals surface area contributed by atoms with Crippen molar-refractivity contribution in [1.82, 2.24) is 3.97 Å². The fraction of sp³-hybridized carbons (Fsp3) is 0.333. The van der Waals surface area contributed by atoms with Crippen molar-refractivity contribution in [2.24, 2.45) is 10.5 Å². The molecule has 2 atom stereocenters. The standard InChI is InChI=1S/C27H28N4O2S/c1-6-27(5)15-14-21-24(25(27)29-30-28)19-16-31(34(32,33)18-12-10-17(2)11-13-18)22-9-7-8-20(23(19)22)26(21,3)4/h6-13,16,25H,1,14-15H2,2-5H3/t25-,27-/m0/s1. The molecule has 5 rings (SSSR count). The molecular formula is C27H28N4O2S. The highest BCUT2D eigenvalue weighted by Gasteiger charge is 2.47. The van der Waals surface area contributed by atoms with Gasteiger partial charge < -0.3 is 0 Å². The molecule has 0 spiro atoms. The molecule has 174 valence electrons. The summed E-state index contributed by atoms with van der Waals surface area (Å²) in [4.78, 5) is 3.43. The first-order valence-corrected chi connectivity index (χ1v) is 12.9. The van der Waals surface area contributed by atoms with Crippen LogP contribution in [0.15, 0.2) is 76.9 Å². The molecule has 1 heterocycles. The number of azide groups is 1. The zero-order valence-electron chi connectivity index (χ0n) is 19.9. The molecule has 0 radical (unpaired) electrons. The molecule has 0 amide bonds. The van der Waals surface area contributed by atoms with Gasteiger partial charge in [0.15, 0.2) is 0 Å². The van der Waals surface area contributed by atoms with E-state index in [9.17, 15) is 13.9 Å². The monoisotopic (exact) mass is 472 g/mol. The first-order valence-electron chi connectivity index (χ1n) is 11.4. The van der Waals surface area contributed by atoms with E-state index in [1.165, 1.54) is 9.55 Å². The van der Waals surface area contributed by atoms with Crippen molar-refractivity contribution in [2.45, 2.75) is 56.9 Å². The van der Waals surface area contributed by atoms with Gasteiger partial charge in [0.25, 0.3) is 10.0 Å². The Morgan fingerprint density at radius 2 is 1.88 bits per heavy atom. The van der Waals surface area contributed by atoms with Crippen LogP contribution in [0.2, 0.25) is 0 Å². The minimum Gasteiger partial charge on any atom is -0.241 e. The predicted octanol–water partition coefficient (Wildman–Crippen LogP) is 6.90. The SMILES string of the molecule is C=C[C@@]1(C)CCC2=C(c3cn(S(=O)(=O)c4ccc(C)cc4)c4cccc(c34)C2(C)C)[C@@H]1N=[N+]=[N-]. The number of allylic oxidation sites excluding steroid dienone is 1. The summed E-state index contributed by atoms with van der Waals surface area (Å²) in [5, 5.41) is 5.16. The highest BCUT2D eigenvalue weighted by Crippen LogP contribution is 2.56. The molecule has 0 N–H and O–H groups in total. The summed E-state index contributed by atoms with van der Waals surface area (Å²) in [6.07, 6.45) is 5.24. The van der Waals surface area contributed by atoms with Crippen LogP contribution >= 0.6 is 0 Å². The lowest BCUT2D eigenvalue weighted by molar-refractivity contribution is 0.329. The highest BCUT2D eigenvalue weighted by molar-refractivity contribution is 7.90. The van der Waals surface area contributed by atoms with E-state index in [1.807, 2.05) is 25.1 Å². The largest absolute Gasteiger partial charge is 0.268 e. The van der Waals surface area contributed by atoms with E-state index in [2.05, 4.69) is 43.4 Å².